The van der Waals surface area contributed by atoms with Crippen molar-refractivity contribution in [1.82, 2.24) is 20.4 Å². The van der Waals surface area contributed by atoms with E-state index < -0.39 is 12.3 Å². The summed E-state index contributed by atoms with van der Waals surface area (Å²) >= 11 is 1.65. The van der Waals surface area contributed by atoms with Gasteiger partial charge in [-0.15, -0.1) is 33.6 Å². The van der Waals surface area contributed by atoms with Crippen molar-refractivity contribution in [1.29, 1.82) is 0 Å². The van der Waals surface area contributed by atoms with Gasteiger partial charge in [0.15, 0.2) is 5.82 Å². The highest BCUT2D eigenvalue weighted by atomic mass is 32.1. The number of aliphatic hydroxyl groups is 1. The summed E-state index contributed by atoms with van der Waals surface area (Å²) in [5.41, 5.74) is 1.27. The molecule has 1 aliphatic rings. The van der Waals surface area contributed by atoms with Crippen LogP contribution in [0.1, 0.15) is 36.3 Å². The molecular weight excluding hydrogens is 635 g/mol. The van der Waals surface area contributed by atoms with Gasteiger partial charge in [-0.25, -0.2) is 0 Å². The first-order valence-electron chi connectivity index (χ1n) is 14.7. The molecule has 0 amide bonds. The first-order chi connectivity index (χ1) is 22.6. The van der Waals surface area contributed by atoms with E-state index in [0.717, 1.165) is 59.6 Å². The lowest BCUT2D eigenvalue weighted by Crippen LogP contribution is -2.33. The van der Waals surface area contributed by atoms with E-state index in [9.17, 15) is 22.8 Å². The normalized spacial score (nSPS) is 14.2. The van der Waals surface area contributed by atoms with Gasteiger partial charge in [0.25, 0.3) is 0 Å². The number of alkyl halides is 3. The molecule has 1 aromatic carbocycles. The van der Waals surface area contributed by atoms with Crippen molar-refractivity contribution in [3.8, 4) is 5.75 Å². The van der Waals surface area contributed by atoms with Crippen LogP contribution in [-0.4, -0.2) is 78.2 Å². The summed E-state index contributed by atoms with van der Waals surface area (Å²) in [6.07, 6.45) is 5.81. The molecule has 254 valence electrons. The summed E-state index contributed by atoms with van der Waals surface area (Å²) in [6, 6.07) is 9.29. The van der Waals surface area contributed by atoms with Gasteiger partial charge in [-0.2, -0.15) is 0 Å². The van der Waals surface area contributed by atoms with E-state index >= 15 is 0 Å². The summed E-state index contributed by atoms with van der Waals surface area (Å²) in [4.78, 5) is 22.8. The molecule has 3 heterocycles. The molecule has 1 atom stereocenters. The van der Waals surface area contributed by atoms with Crippen molar-refractivity contribution >= 4 is 40.7 Å². The SMILES string of the molecule is C=C/C=C(\C=C/C)C(C=O)CO.CNc1ccc(N2CCC(c3nnc(NC)s3)CC2)nn1.O=CCc1cccc(OC(F)(F)F)c1. The van der Waals surface area contributed by atoms with E-state index in [4.69, 9.17) is 5.11 Å². The number of carbonyl (C=O) groups is 2. The third-order valence-corrected chi connectivity index (χ3v) is 7.74. The fourth-order valence-electron chi connectivity index (χ4n) is 4.31. The summed E-state index contributed by atoms with van der Waals surface area (Å²) in [7, 11) is 3.72. The number of hydrogen-bond donors (Lipinski definition) is 3. The molecule has 15 heteroatoms. The highest BCUT2D eigenvalue weighted by Gasteiger charge is 2.31. The van der Waals surface area contributed by atoms with Crippen LogP contribution in [0.3, 0.4) is 0 Å². The standard InChI is InChI=1S/C13H19N7S.C10H14O2.C9H7F3O2/c1-14-10-3-4-11(17-16-10)20-7-5-9(6-8-20)12-18-19-13(15-2)21-12;1-3-5-9(6-4-2)10(7-11)8-12;10-9(11,12)14-8-3-1-2-7(6-8)4-5-13/h3-4,9H,5-8H2,1-2H3,(H,14,16)(H,15,19);3-7,10,12H,1,8H2,2H3;1-3,5-6H,4H2/b;6-4-,9-5+;. The molecule has 1 unspecified atom stereocenters. The maximum atomic E-state index is 11.8. The third kappa shape index (κ3) is 13.7. The molecule has 47 heavy (non-hydrogen) atoms. The molecule has 11 nitrogen and oxygen atoms in total. The van der Waals surface area contributed by atoms with Crippen LogP contribution in [0.4, 0.5) is 29.9 Å². The minimum atomic E-state index is -4.69. The molecule has 0 bridgehead atoms. The lowest BCUT2D eigenvalue weighted by Gasteiger charge is -2.31. The summed E-state index contributed by atoms with van der Waals surface area (Å²) in [6.45, 7) is 7.18. The van der Waals surface area contributed by atoms with Crippen molar-refractivity contribution in [2.75, 3.05) is 49.3 Å². The van der Waals surface area contributed by atoms with Crippen LogP contribution in [0, 0.1) is 5.92 Å². The second-order valence-corrected chi connectivity index (χ2v) is 10.9. The number of hydrogen-bond acceptors (Lipinski definition) is 12. The van der Waals surface area contributed by atoms with Crippen molar-refractivity contribution < 1.29 is 32.6 Å². The molecule has 4 rings (SSSR count). The number of carbonyl (C=O) groups excluding carboxylic acids is 2. The number of halogens is 3. The van der Waals surface area contributed by atoms with E-state index in [1.807, 2.05) is 39.2 Å². The number of allylic oxidation sites excluding steroid dienone is 4. The number of aldehydes is 2. The Bertz CT molecular complexity index is 1440. The minimum absolute atomic E-state index is 0.0784. The maximum Gasteiger partial charge on any atom is 0.573 e. The van der Waals surface area contributed by atoms with Gasteiger partial charge in [0, 0.05) is 39.5 Å². The van der Waals surface area contributed by atoms with Gasteiger partial charge in [0.1, 0.15) is 29.1 Å². The zero-order valence-corrected chi connectivity index (χ0v) is 27.3. The van der Waals surface area contributed by atoms with Crippen molar-refractivity contribution in [2.45, 2.75) is 38.5 Å². The minimum Gasteiger partial charge on any atom is -0.406 e. The van der Waals surface area contributed by atoms with Crippen molar-refractivity contribution in [3.63, 3.8) is 0 Å². The molecule has 0 saturated carbocycles. The van der Waals surface area contributed by atoms with Gasteiger partial charge in [0.2, 0.25) is 5.13 Å². The number of rotatable bonds is 12. The Hall–Kier alpha value is -4.63. The quantitative estimate of drug-likeness (QED) is 0.163. The molecule has 1 saturated heterocycles. The van der Waals surface area contributed by atoms with E-state index in [1.54, 1.807) is 35.6 Å². The van der Waals surface area contributed by atoms with Crippen LogP contribution in [0.25, 0.3) is 0 Å². The van der Waals surface area contributed by atoms with Crippen molar-refractivity contribution in [3.05, 3.63) is 83.4 Å². The van der Waals surface area contributed by atoms with Crippen LogP contribution < -0.4 is 20.3 Å². The Morgan fingerprint density at radius 3 is 2.38 bits per heavy atom. The molecule has 1 aliphatic heterocycles. The number of aromatic nitrogens is 4. The Morgan fingerprint density at radius 2 is 1.87 bits per heavy atom. The fourth-order valence-corrected chi connectivity index (χ4v) is 5.17. The number of nitrogens with zero attached hydrogens (tertiary/aromatic N) is 5. The van der Waals surface area contributed by atoms with E-state index in [1.165, 1.54) is 18.2 Å². The fraction of sp³-hybridized carbons (Fsp3) is 0.375. The van der Waals surface area contributed by atoms with Crippen LogP contribution in [0.2, 0.25) is 0 Å². The molecule has 0 aliphatic carbocycles. The van der Waals surface area contributed by atoms with Gasteiger partial charge in [-0.1, -0.05) is 54.4 Å². The lowest BCUT2D eigenvalue weighted by atomic mass is 9.98. The van der Waals surface area contributed by atoms with Crippen molar-refractivity contribution in [2.24, 2.45) is 5.92 Å². The number of piperidine rings is 1. The van der Waals surface area contributed by atoms with Crippen LogP contribution in [0.5, 0.6) is 5.75 Å². The molecule has 3 N–H and O–H groups in total. The second kappa shape index (κ2) is 20.5. The summed E-state index contributed by atoms with van der Waals surface area (Å²) in [5, 5.41) is 33.7. The largest absolute Gasteiger partial charge is 0.573 e. The first kappa shape index (κ1) is 38.6. The van der Waals surface area contributed by atoms with Gasteiger partial charge in [0.05, 0.1) is 12.5 Å². The molecular formula is C32H40F3N7O4S. The second-order valence-electron chi connectivity index (χ2n) is 9.88. The highest BCUT2D eigenvalue weighted by molar-refractivity contribution is 7.15. The first-order valence-corrected chi connectivity index (χ1v) is 15.5. The number of benzene rings is 1. The number of ether oxygens (including phenoxy) is 1. The maximum absolute atomic E-state index is 11.8. The molecule has 0 spiro atoms. The monoisotopic (exact) mass is 675 g/mol. The zero-order chi connectivity index (χ0) is 34.7. The van der Waals surface area contributed by atoms with E-state index in [-0.39, 0.29) is 18.8 Å². The van der Waals surface area contributed by atoms with Crippen LogP contribution in [-0.2, 0) is 16.0 Å². The number of anilines is 3. The predicted octanol–water partition coefficient (Wildman–Crippen LogP) is 5.60. The lowest BCUT2D eigenvalue weighted by molar-refractivity contribution is -0.274. The number of nitrogens with one attached hydrogen (secondary N) is 2. The Kier molecular flexibility index (Phi) is 16.8. The van der Waals surface area contributed by atoms with E-state index in [0.29, 0.717) is 17.8 Å². The number of aliphatic hydroxyl groups excluding tert-OH is 1. The molecule has 1 fully saturated rings. The topological polar surface area (TPSA) is 142 Å². The molecule has 2 aromatic heterocycles. The average Bonchev–Trinajstić information content (AvgIpc) is 3.56. The summed E-state index contributed by atoms with van der Waals surface area (Å²) in [5.74, 6) is 1.50. The van der Waals surface area contributed by atoms with Crippen LogP contribution >= 0.6 is 11.3 Å². The molecule has 0 radical (unpaired) electrons. The third-order valence-electron chi connectivity index (χ3n) is 6.64. The van der Waals surface area contributed by atoms with Gasteiger partial charge < -0.3 is 35.0 Å². The van der Waals surface area contributed by atoms with Crippen LogP contribution in [0.15, 0.2) is 72.9 Å². The molecule has 3 aromatic rings. The smallest absolute Gasteiger partial charge is 0.406 e. The Balaban J connectivity index is 0.000000260. The Morgan fingerprint density at radius 1 is 1.13 bits per heavy atom. The zero-order valence-electron chi connectivity index (χ0n) is 26.5. The van der Waals surface area contributed by atoms with Gasteiger partial charge in [-0.05, 0) is 55.2 Å². The Labute approximate surface area is 276 Å². The summed E-state index contributed by atoms with van der Waals surface area (Å²) < 4.78 is 39.0. The van der Waals surface area contributed by atoms with Gasteiger partial charge in [-0.3, -0.25) is 0 Å². The average molecular weight is 676 g/mol. The highest BCUT2D eigenvalue weighted by Crippen LogP contribution is 2.32. The predicted molar refractivity (Wildman–Crippen MR) is 178 cm³/mol. The van der Waals surface area contributed by atoms with Gasteiger partial charge >= 0.3 is 6.36 Å². The van der Waals surface area contributed by atoms with E-state index in [2.05, 4.69) is 47.2 Å².